The molecule has 0 aliphatic rings. The predicted octanol–water partition coefficient (Wildman–Crippen LogP) is 4.89. The summed E-state index contributed by atoms with van der Waals surface area (Å²) in [7, 11) is 0. The first-order valence-electron chi connectivity index (χ1n) is 8.25. The number of aliphatic carboxylic acids is 1. The molecule has 0 aromatic carbocycles. The SMILES string of the molecule is CC(CC(C)(C)C)C(O)CC=CC(C)(C)CC(C)(C)C(=O)O. The van der Waals surface area contributed by atoms with Crippen molar-refractivity contribution in [3.05, 3.63) is 12.2 Å². The van der Waals surface area contributed by atoms with Gasteiger partial charge in [-0.1, -0.05) is 53.7 Å². The number of hydrogen-bond acceptors (Lipinski definition) is 2. The van der Waals surface area contributed by atoms with Gasteiger partial charge in [-0.3, -0.25) is 4.79 Å². The second-order valence-electron chi connectivity index (χ2n) is 9.30. The molecule has 2 unspecified atom stereocenters. The van der Waals surface area contributed by atoms with Gasteiger partial charge >= 0.3 is 5.97 Å². The molecule has 0 aliphatic heterocycles. The fourth-order valence-electron chi connectivity index (χ4n) is 3.13. The summed E-state index contributed by atoms with van der Waals surface area (Å²) in [6.45, 7) is 16.2. The van der Waals surface area contributed by atoms with Crippen LogP contribution in [0.25, 0.3) is 0 Å². The maximum atomic E-state index is 11.2. The van der Waals surface area contributed by atoms with E-state index < -0.39 is 11.4 Å². The molecule has 0 aliphatic carbocycles. The van der Waals surface area contributed by atoms with Crippen LogP contribution in [0.2, 0.25) is 0 Å². The lowest BCUT2D eigenvalue weighted by molar-refractivity contribution is -0.148. The number of aliphatic hydroxyl groups is 1. The van der Waals surface area contributed by atoms with Crippen molar-refractivity contribution >= 4 is 5.97 Å². The molecule has 0 aromatic rings. The van der Waals surface area contributed by atoms with E-state index in [2.05, 4.69) is 27.7 Å². The Morgan fingerprint density at radius 3 is 2.00 bits per heavy atom. The Balaban J connectivity index is 4.56. The van der Waals surface area contributed by atoms with Crippen LogP contribution in [0.3, 0.4) is 0 Å². The highest BCUT2D eigenvalue weighted by molar-refractivity contribution is 5.73. The molecule has 0 amide bonds. The van der Waals surface area contributed by atoms with Crippen molar-refractivity contribution in [2.24, 2.45) is 22.2 Å². The van der Waals surface area contributed by atoms with Crippen LogP contribution in [-0.4, -0.2) is 22.3 Å². The van der Waals surface area contributed by atoms with E-state index in [1.165, 1.54) is 0 Å². The Kier molecular flexibility index (Phi) is 7.34. The topological polar surface area (TPSA) is 57.5 Å². The minimum Gasteiger partial charge on any atom is -0.481 e. The summed E-state index contributed by atoms with van der Waals surface area (Å²) in [6.07, 6.45) is 5.87. The summed E-state index contributed by atoms with van der Waals surface area (Å²) in [6, 6.07) is 0. The van der Waals surface area contributed by atoms with Gasteiger partial charge in [0.15, 0.2) is 0 Å². The van der Waals surface area contributed by atoms with Gasteiger partial charge in [0.1, 0.15) is 0 Å². The van der Waals surface area contributed by atoms with Crippen molar-refractivity contribution in [2.75, 3.05) is 0 Å². The standard InChI is InChI=1S/C19H36O3/c1-14(12-17(2,3)4)15(20)10-9-11-18(5,6)13-19(7,8)16(21)22/h9,11,14-15,20H,10,12-13H2,1-8H3,(H,21,22). The Hall–Kier alpha value is -0.830. The molecule has 0 heterocycles. The first kappa shape index (κ1) is 21.2. The van der Waals surface area contributed by atoms with Crippen molar-refractivity contribution in [1.82, 2.24) is 0 Å². The van der Waals surface area contributed by atoms with E-state index in [4.69, 9.17) is 0 Å². The van der Waals surface area contributed by atoms with Gasteiger partial charge in [0.05, 0.1) is 11.5 Å². The van der Waals surface area contributed by atoms with Crippen LogP contribution in [-0.2, 0) is 4.79 Å². The third-order valence-corrected chi connectivity index (χ3v) is 4.01. The summed E-state index contributed by atoms with van der Waals surface area (Å²) >= 11 is 0. The smallest absolute Gasteiger partial charge is 0.309 e. The molecule has 3 nitrogen and oxygen atoms in total. The van der Waals surface area contributed by atoms with Crippen LogP contribution in [0, 0.1) is 22.2 Å². The van der Waals surface area contributed by atoms with E-state index in [1.54, 1.807) is 13.8 Å². The summed E-state index contributed by atoms with van der Waals surface area (Å²) in [5.41, 5.74) is -0.726. The third kappa shape index (κ3) is 8.57. The zero-order valence-electron chi connectivity index (χ0n) is 15.7. The van der Waals surface area contributed by atoms with E-state index in [0.29, 0.717) is 12.8 Å². The van der Waals surface area contributed by atoms with Gasteiger partial charge in [-0.05, 0) is 49.9 Å². The zero-order valence-corrected chi connectivity index (χ0v) is 15.7. The Morgan fingerprint density at radius 2 is 1.59 bits per heavy atom. The summed E-state index contributed by atoms with van der Waals surface area (Å²) in [4.78, 5) is 11.2. The van der Waals surface area contributed by atoms with Gasteiger partial charge < -0.3 is 10.2 Å². The minimum atomic E-state index is -0.771. The number of carboxylic acids is 1. The van der Waals surface area contributed by atoms with Crippen molar-refractivity contribution in [1.29, 1.82) is 0 Å². The first-order valence-corrected chi connectivity index (χ1v) is 8.25. The van der Waals surface area contributed by atoms with Gasteiger partial charge in [-0.2, -0.15) is 0 Å². The number of rotatable bonds is 8. The fourth-order valence-corrected chi connectivity index (χ4v) is 3.13. The highest BCUT2D eigenvalue weighted by Crippen LogP contribution is 2.35. The van der Waals surface area contributed by atoms with E-state index >= 15 is 0 Å². The Labute approximate surface area is 136 Å². The van der Waals surface area contributed by atoms with E-state index in [1.807, 2.05) is 26.0 Å². The number of aliphatic hydroxyl groups excluding tert-OH is 1. The summed E-state index contributed by atoms with van der Waals surface area (Å²) < 4.78 is 0. The summed E-state index contributed by atoms with van der Waals surface area (Å²) in [5, 5.41) is 19.5. The molecule has 22 heavy (non-hydrogen) atoms. The maximum Gasteiger partial charge on any atom is 0.309 e. The molecule has 0 saturated carbocycles. The van der Waals surface area contributed by atoms with Crippen LogP contribution in [0.15, 0.2) is 12.2 Å². The second-order valence-corrected chi connectivity index (χ2v) is 9.30. The Morgan fingerprint density at radius 1 is 1.09 bits per heavy atom. The molecule has 130 valence electrons. The van der Waals surface area contributed by atoms with E-state index in [-0.39, 0.29) is 22.9 Å². The number of carbonyl (C=O) groups is 1. The van der Waals surface area contributed by atoms with Gasteiger partial charge in [0.2, 0.25) is 0 Å². The lowest BCUT2D eigenvalue weighted by atomic mass is 9.74. The zero-order chi connectivity index (χ0) is 17.8. The molecule has 0 bridgehead atoms. The van der Waals surface area contributed by atoms with Crippen molar-refractivity contribution in [2.45, 2.75) is 80.8 Å². The molecule has 0 aromatic heterocycles. The fraction of sp³-hybridized carbons (Fsp3) is 0.842. The van der Waals surface area contributed by atoms with Gasteiger partial charge in [-0.15, -0.1) is 0 Å². The molecule has 0 rings (SSSR count). The monoisotopic (exact) mass is 312 g/mol. The third-order valence-electron chi connectivity index (χ3n) is 4.01. The molecular weight excluding hydrogens is 276 g/mol. The quantitative estimate of drug-likeness (QED) is 0.627. The largest absolute Gasteiger partial charge is 0.481 e. The average molecular weight is 312 g/mol. The molecule has 2 atom stereocenters. The molecule has 0 radical (unpaired) electrons. The molecule has 3 heteroatoms. The van der Waals surface area contributed by atoms with Crippen LogP contribution < -0.4 is 0 Å². The predicted molar refractivity (Wildman–Crippen MR) is 92.8 cm³/mol. The minimum absolute atomic E-state index is 0.200. The van der Waals surface area contributed by atoms with E-state index in [0.717, 1.165) is 6.42 Å². The summed E-state index contributed by atoms with van der Waals surface area (Å²) in [5.74, 6) is -0.518. The normalized spacial score (nSPS) is 16.8. The average Bonchev–Trinajstić information content (AvgIpc) is 2.24. The van der Waals surface area contributed by atoms with Crippen LogP contribution >= 0.6 is 0 Å². The number of carboxylic acid groups (broad SMARTS) is 1. The Bertz CT molecular complexity index is 386. The van der Waals surface area contributed by atoms with Crippen molar-refractivity contribution < 1.29 is 15.0 Å². The molecule has 0 spiro atoms. The van der Waals surface area contributed by atoms with Crippen LogP contribution in [0.1, 0.15) is 74.7 Å². The number of hydrogen-bond donors (Lipinski definition) is 2. The number of allylic oxidation sites excluding steroid dienone is 1. The molecule has 2 N–H and O–H groups in total. The first-order chi connectivity index (χ1) is 9.66. The highest BCUT2D eigenvalue weighted by atomic mass is 16.4. The maximum absolute atomic E-state index is 11.2. The molecule has 0 fully saturated rings. The molecule has 0 saturated heterocycles. The van der Waals surface area contributed by atoms with Crippen LogP contribution in [0.4, 0.5) is 0 Å². The van der Waals surface area contributed by atoms with E-state index in [9.17, 15) is 15.0 Å². The van der Waals surface area contributed by atoms with Crippen LogP contribution in [0.5, 0.6) is 0 Å². The highest BCUT2D eigenvalue weighted by Gasteiger charge is 2.33. The van der Waals surface area contributed by atoms with Gasteiger partial charge in [0, 0.05) is 0 Å². The molecular formula is C19H36O3. The van der Waals surface area contributed by atoms with Gasteiger partial charge in [0.25, 0.3) is 0 Å². The lowest BCUT2D eigenvalue weighted by Gasteiger charge is -2.30. The lowest BCUT2D eigenvalue weighted by Crippen LogP contribution is -2.29. The second kappa shape index (κ2) is 7.63. The van der Waals surface area contributed by atoms with Crippen molar-refractivity contribution in [3.8, 4) is 0 Å². The van der Waals surface area contributed by atoms with Crippen molar-refractivity contribution in [3.63, 3.8) is 0 Å². The van der Waals surface area contributed by atoms with Gasteiger partial charge in [-0.25, -0.2) is 0 Å².